The number of benzene rings is 2. The van der Waals surface area contributed by atoms with E-state index in [-0.39, 0.29) is 0 Å². The fourth-order valence-electron chi connectivity index (χ4n) is 2.37. The number of fused-ring (bicyclic) bond motifs is 1. The van der Waals surface area contributed by atoms with Gasteiger partial charge in [-0.2, -0.15) is 0 Å². The van der Waals surface area contributed by atoms with Gasteiger partial charge < -0.3 is 14.8 Å². The summed E-state index contributed by atoms with van der Waals surface area (Å²) in [7, 11) is 0. The van der Waals surface area contributed by atoms with Crippen molar-refractivity contribution >= 4 is 21.6 Å². The van der Waals surface area contributed by atoms with Gasteiger partial charge in [0.2, 0.25) is 0 Å². The maximum Gasteiger partial charge on any atom is 0.166 e. The smallest absolute Gasteiger partial charge is 0.166 e. The molecule has 0 atom stereocenters. The van der Waals surface area contributed by atoms with Crippen molar-refractivity contribution in [2.45, 2.75) is 19.9 Å². The van der Waals surface area contributed by atoms with E-state index in [4.69, 9.17) is 9.47 Å². The zero-order valence-corrected chi connectivity index (χ0v) is 13.6. The highest BCUT2D eigenvalue weighted by Gasteiger charge is 2.14. The predicted molar refractivity (Wildman–Crippen MR) is 88.3 cm³/mol. The molecule has 2 aromatic carbocycles. The predicted octanol–water partition coefficient (Wildman–Crippen LogP) is 4.53. The van der Waals surface area contributed by atoms with Crippen molar-refractivity contribution < 1.29 is 9.47 Å². The van der Waals surface area contributed by atoms with E-state index < -0.39 is 0 Å². The second-order valence-electron chi connectivity index (χ2n) is 5.08. The summed E-state index contributed by atoms with van der Waals surface area (Å²) >= 11 is 3.62. The van der Waals surface area contributed by atoms with Gasteiger partial charge in [-0.05, 0) is 40.5 Å². The molecule has 110 valence electrons. The molecule has 3 rings (SSSR count). The molecule has 1 N–H and O–H groups in total. The topological polar surface area (TPSA) is 30.5 Å². The molecule has 1 heterocycles. The number of hydrogen-bond acceptors (Lipinski definition) is 3. The molecule has 1 aliphatic rings. The third-order valence-electron chi connectivity index (χ3n) is 3.51. The van der Waals surface area contributed by atoms with Gasteiger partial charge in [-0.1, -0.05) is 24.3 Å². The lowest BCUT2D eigenvalue weighted by Crippen LogP contribution is -2.04. The molecule has 0 amide bonds. The van der Waals surface area contributed by atoms with E-state index in [1.165, 1.54) is 5.56 Å². The van der Waals surface area contributed by atoms with Gasteiger partial charge >= 0.3 is 0 Å². The first-order valence-electron chi connectivity index (χ1n) is 7.12. The van der Waals surface area contributed by atoms with Crippen LogP contribution in [0.3, 0.4) is 0 Å². The molecule has 0 aromatic heterocycles. The Labute approximate surface area is 133 Å². The second kappa shape index (κ2) is 6.39. The van der Waals surface area contributed by atoms with Crippen LogP contribution in [0.1, 0.15) is 17.5 Å². The second-order valence-corrected chi connectivity index (χ2v) is 5.88. The van der Waals surface area contributed by atoms with Crippen molar-refractivity contribution in [1.29, 1.82) is 0 Å². The first kappa shape index (κ1) is 14.3. The summed E-state index contributed by atoms with van der Waals surface area (Å²) in [6, 6.07) is 12.2. The highest BCUT2D eigenvalue weighted by Crippen LogP contribution is 2.34. The maximum absolute atomic E-state index is 5.85. The summed E-state index contributed by atoms with van der Waals surface area (Å²) in [5, 5.41) is 3.46. The van der Waals surface area contributed by atoms with E-state index in [1.807, 2.05) is 18.2 Å². The normalized spacial score (nSPS) is 13.6. The molecule has 0 unspecified atom stereocenters. The highest BCUT2D eigenvalue weighted by atomic mass is 79.9. The van der Waals surface area contributed by atoms with Crippen molar-refractivity contribution in [2.24, 2.45) is 0 Å². The number of nitrogens with one attached hydrogen (secondary N) is 1. The van der Waals surface area contributed by atoms with Crippen LogP contribution in [0, 0.1) is 6.92 Å². The third-order valence-corrected chi connectivity index (χ3v) is 4.57. The van der Waals surface area contributed by atoms with Crippen LogP contribution >= 0.6 is 15.9 Å². The average molecular weight is 348 g/mol. The maximum atomic E-state index is 5.85. The summed E-state index contributed by atoms with van der Waals surface area (Å²) < 4.78 is 12.7. The van der Waals surface area contributed by atoms with E-state index in [9.17, 15) is 0 Å². The molecule has 0 fully saturated rings. The van der Waals surface area contributed by atoms with E-state index in [0.717, 1.165) is 33.6 Å². The molecule has 2 aromatic rings. The molecule has 0 aliphatic carbocycles. The number of para-hydroxylation sites is 1. The third kappa shape index (κ3) is 3.16. The van der Waals surface area contributed by atoms with E-state index >= 15 is 0 Å². The van der Waals surface area contributed by atoms with Gasteiger partial charge in [-0.15, -0.1) is 0 Å². The zero-order chi connectivity index (χ0) is 14.7. The minimum atomic E-state index is 0.703. The molecule has 4 heteroatoms. The van der Waals surface area contributed by atoms with Crippen LogP contribution in [0.2, 0.25) is 0 Å². The fraction of sp³-hybridized carbons (Fsp3) is 0.294. The van der Waals surface area contributed by atoms with Crippen LogP contribution in [0.5, 0.6) is 11.5 Å². The van der Waals surface area contributed by atoms with Gasteiger partial charge in [0.15, 0.2) is 11.5 Å². The summed E-state index contributed by atoms with van der Waals surface area (Å²) in [6.07, 6.45) is 0.922. The number of rotatable bonds is 3. The van der Waals surface area contributed by atoms with Crippen molar-refractivity contribution in [1.82, 2.24) is 0 Å². The first-order chi connectivity index (χ1) is 10.3. The summed E-state index contributed by atoms with van der Waals surface area (Å²) in [5.41, 5.74) is 3.41. The van der Waals surface area contributed by atoms with Crippen LogP contribution in [0.4, 0.5) is 5.69 Å². The Bertz CT molecular complexity index is 643. The molecule has 21 heavy (non-hydrogen) atoms. The number of anilines is 1. The van der Waals surface area contributed by atoms with Gasteiger partial charge in [0.1, 0.15) is 0 Å². The Morgan fingerprint density at radius 1 is 1.10 bits per heavy atom. The number of halogens is 1. The zero-order valence-electron chi connectivity index (χ0n) is 12.0. The van der Waals surface area contributed by atoms with Gasteiger partial charge in [0.25, 0.3) is 0 Å². The first-order valence-corrected chi connectivity index (χ1v) is 7.91. The summed E-state index contributed by atoms with van der Waals surface area (Å²) in [6.45, 7) is 4.21. The number of hydrogen-bond donors (Lipinski definition) is 1. The van der Waals surface area contributed by atoms with Crippen molar-refractivity contribution in [2.75, 3.05) is 18.5 Å². The lowest BCUT2D eigenvalue weighted by atomic mass is 10.1. The van der Waals surface area contributed by atoms with E-state index in [0.29, 0.717) is 19.8 Å². The Hall–Kier alpha value is -1.68. The molecule has 1 aliphatic heterocycles. The lowest BCUT2D eigenvalue weighted by Gasteiger charge is -2.15. The SMILES string of the molecule is Cc1cccc(NCc2cccc3c2OCCCO3)c1Br. The molecule has 0 spiro atoms. The minimum absolute atomic E-state index is 0.703. The van der Waals surface area contributed by atoms with Crippen molar-refractivity contribution in [3.63, 3.8) is 0 Å². The number of aryl methyl sites for hydroxylation is 1. The molecule has 0 bridgehead atoms. The van der Waals surface area contributed by atoms with Gasteiger partial charge in [-0.25, -0.2) is 0 Å². The molecular formula is C17H18BrNO2. The Morgan fingerprint density at radius 3 is 2.81 bits per heavy atom. The largest absolute Gasteiger partial charge is 0.490 e. The minimum Gasteiger partial charge on any atom is -0.490 e. The van der Waals surface area contributed by atoms with Crippen molar-refractivity contribution in [3.05, 3.63) is 52.0 Å². The lowest BCUT2D eigenvalue weighted by molar-refractivity contribution is 0.296. The molecule has 0 saturated heterocycles. The average Bonchev–Trinajstić information content (AvgIpc) is 2.74. The van der Waals surface area contributed by atoms with Gasteiger partial charge in [0, 0.05) is 28.7 Å². The molecule has 0 saturated carbocycles. The van der Waals surface area contributed by atoms with Crippen molar-refractivity contribution in [3.8, 4) is 11.5 Å². The van der Waals surface area contributed by atoms with E-state index in [2.05, 4.69) is 46.4 Å². The standard InChI is InChI=1S/C17H18BrNO2/c1-12-5-2-7-14(16(12)18)19-11-13-6-3-8-15-17(13)21-10-4-9-20-15/h2-3,5-8,19H,4,9-11H2,1H3. The van der Waals surface area contributed by atoms with E-state index in [1.54, 1.807) is 0 Å². The molecule has 3 nitrogen and oxygen atoms in total. The Balaban J connectivity index is 1.81. The van der Waals surface area contributed by atoms with Crippen LogP contribution in [0.15, 0.2) is 40.9 Å². The molecular weight excluding hydrogens is 330 g/mol. The van der Waals surface area contributed by atoms with Gasteiger partial charge in [0.05, 0.1) is 13.2 Å². The van der Waals surface area contributed by atoms with Crippen LogP contribution in [0.25, 0.3) is 0 Å². The summed E-state index contributed by atoms with van der Waals surface area (Å²) in [4.78, 5) is 0. The molecule has 0 radical (unpaired) electrons. The van der Waals surface area contributed by atoms with Crippen LogP contribution in [-0.2, 0) is 6.54 Å². The fourth-order valence-corrected chi connectivity index (χ4v) is 2.77. The monoisotopic (exact) mass is 347 g/mol. The Morgan fingerprint density at radius 2 is 1.90 bits per heavy atom. The van der Waals surface area contributed by atoms with Crippen LogP contribution < -0.4 is 14.8 Å². The Kier molecular flexibility index (Phi) is 4.34. The van der Waals surface area contributed by atoms with Crippen LogP contribution in [-0.4, -0.2) is 13.2 Å². The summed E-state index contributed by atoms with van der Waals surface area (Å²) in [5.74, 6) is 1.71. The quantitative estimate of drug-likeness (QED) is 0.884. The number of ether oxygens (including phenoxy) is 2. The van der Waals surface area contributed by atoms with Gasteiger partial charge in [-0.3, -0.25) is 0 Å². The highest BCUT2D eigenvalue weighted by molar-refractivity contribution is 9.10.